The van der Waals surface area contributed by atoms with Crippen LogP contribution in [0.1, 0.15) is 96.3 Å². The third-order valence-electron chi connectivity index (χ3n) is 5.90. The largest absolute Gasteiger partial charge is 0.370 e. The Bertz CT molecular complexity index is 465. The average molecular weight is 425 g/mol. The van der Waals surface area contributed by atoms with Crippen LogP contribution >= 0.6 is 0 Å². The van der Waals surface area contributed by atoms with E-state index in [1.807, 2.05) is 0 Å². The fourth-order valence-electron chi connectivity index (χ4n) is 4.04. The molecule has 4 N–H and O–H groups in total. The molecule has 0 atom stereocenters. The molecule has 7 nitrogen and oxygen atoms in total. The number of nitrogens with two attached hydrogens (primary N) is 2. The number of carbonyl (C=O) groups is 3. The summed E-state index contributed by atoms with van der Waals surface area (Å²) >= 11 is 0. The summed E-state index contributed by atoms with van der Waals surface area (Å²) in [7, 11) is 0. The average Bonchev–Trinajstić information content (AvgIpc) is 3.22. The predicted octanol–water partition coefficient (Wildman–Crippen LogP) is 2.95. The van der Waals surface area contributed by atoms with Gasteiger partial charge in [-0.15, -0.1) is 0 Å². The van der Waals surface area contributed by atoms with Crippen molar-refractivity contribution in [3.8, 4) is 0 Å². The summed E-state index contributed by atoms with van der Waals surface area (Å²) in [6.45, 7) is 4.80. The number of carbonyl (C=O) groups excluding carboxylic acids is 3. The minimum Gasteiger partial charge on any atom is -0.370 e. The van der Waals surface area contributed by atoms with Crippen LogP contribution in [-0.4, -0.2) is 60.2 Å². The highest BCUT2D eigenvalue weighted by atomic mass is 16.2. The SMILES string of the molecule is NC(=O)CCCCCCCN(CCCCCCCC(N)=O)C(=O)CCN1CCCC1. The van der Waals surface area contributed by atoms with E-state index in [1.54, 1.807) is 0 Å². The van der Waals surface area contributed by atoms with Crippen LogP contribution in [0.3, 0.4) is 0 Å². The number of hydrogen-bond donors (Lipinski definition) is 2. The van der Waals surface area contributed by atoms with E-state index >= 15 is 0 Å². The molecule has 0 aromatic rings. The van der Waals surface area contributed by atoms with Crippen molar-refractivity contribution in [2.75, 3.05) is 32.7 Å². The third-order valence-corrected chi connectivity index (χ3v) is 5.90. The molecule has 174 valence electrons. The molecule has 30 heavy (non-hydrogen) atoms. The standard InChI is InChI=1S/C23H44N4O3/c24-21(28)13-7-3-1-5-9-18-27(19-10-6-2-4-8-14-22(25)29)23(30)15-20-26-16-11-12-17-26/h1-20H2,(H2,24,28)(H2,25,29). The van der Waals surface area contributed by atoms with Crippen molar-refractivity contribution < 1.29 is 14.4 Å². The van der Waals surface area contributed by atoms with Gasteiger partial charge in [0, 0.05) is 38.9 Å². The van der Waals surface area contributed by atoms with Crippen molar-refractivity contribution >= 4 is 17.7 Å². The topological polar surface area (TPSA) is 110 Å². The summed E-state index contributed by atoms with van der Waals surface area (Å²) in [5.41, 5.74) is 10.3. The molecule has 0 unspecified atom stereocenters. The Balaban J connectivity index is 2.24. The van der Waals surface area contributed by atoms with Gasteiger partial charge in [0.1, 0.15) is 0 Å². The third kappa shape index (κ3) is 14.4. The van der Waals surface area contributed by atoms with Gasteiger partial charge < -0.3 is 21.3 Å². The number of nitrogens with zero attached hydrogens (tertiary/aromatic N) is 2. The number of unbranched alkanes of at least 4 members (excludes halogenated alkanes) is 8. The van der Waals surface area contributed by atoms with Crippen LogP contribution in [0.2, 0.25) is 0 Å². The van der Waals surface area contributed by atoms with Gasteiger partial charge >= 0.3 is 0 Å². The zero-order valence-electron chi connectivity index (χ0n) is 18.9. The molecule has 1 aliphatic heterocycles. The predicted molar refractivity (Wildman–Crippen MR) is 121 cm³/mol. The molecular formula is C23H44N4O3. The summed E-state index contributed by atoms with van der Waals surface area (Å²) in [6.07, 6.45) is 14.2. The molecule has 1 aliphatic rings. The molecule has 1 rings (SSSR count). The molecule has 3 amide bonds. The van der Waals surface area contributed by atoms with E-state index in [2.05, 4.69) is 9.80 Å². The van der Waals surface area contributed by atoms with Crippen molar-refractivity contribution in [3.05, 3.63) is 0 Å². The molecule has 0 saturated carbocycles. The van der Waals surface area contributed by atoms with Gasteiger partial charge in [0.25, 0.3) is 0 Å². The summed E-state index contributed by atoms with van der Waals surface area (Å²) < 4.78 is 0. The molecule has 1 saturated heterocycles. The van der Waals surface area contributed by atoms with E-state index in [9.17, 15) is 14.4 Å². The van der Waals surface area contributed by atoms with E-state index in [0.29, 0.717) is 19.3 Å². The van der Waals surface area contributed by atoms with E-state index < -0.39 is 0 Å². The highest BCUT2D eigenvalue weighted by Crippen LogP contribution is 2.12. The summed E-state index contributed by atoms with van der Waals surface area (Å²) in [4.78, 5) is 38.8. The van der Waals surface area contributed by atoms with E-state index in [-0.39, 0.29) is 17.7 Å². The summed E-state index contributed by atoms with van der Waals surface area (Å²) in [6, 6.07) is 0. The first-order valence-corrected chi connectivity index (χ1v) is 12.1. The van der Waals surface area contributed by atoms with Crippen LogP contribution in [-0.2, 0) is 14.4 Å². The molecule has 0 radical (unpaired) electrons. The monoisotopic (exact) mass is 424 g/mol. The smallest absolute Gasteiger partial charge is 0.223 e. The number of primary amides is 2. The summed E-state index contributed by atoms with van der Waals surface area (Å²) in [5.74, 6) is -0.164. The van der Waals surface area contributed by atoms with E-state index in [1.165, 1.54) is 12.8 Å². The first-order chi connectivity index (χ1) is 14.5. The van der Waals surface area contributed by atoms with Gasteiger partial charge in [-0.1, -0.05) is 38.5 Å². The molecule has 0 aromatic carbocycles. The van der Waals surface area contributed by atoms with Gasteiger partial charge in [-0.05, 0) is 51.6 Å². The second-order valence-corrected chi connectivity index (χ2v) is 8.65. The first-order valence-electron chi connectivity index (χ1n) is 12.1. The van der Waals surface area contributed by atoms with Gasteiger partial charge in [-0.25, -0.2) is 0 Å². The lowest BCUT2D eigenvalue weighted by atomic mass is 10.1. The fraction of sp³-hybridized carbons (Fsp3) is 0.870. The van der Waals surface area contributed by atoms with Crippen LogP contribution in [0.15, 0.2) is 0 Å². The molecule has 0 spiro atoms. The van der Waals surface area contributed by atoms with E-state index in [0.717, 1.165) is 96.9 Å². The van der Waals surface area contributed by atoms with Gasteiger partial charge in [0.05, 0.1) is 0 Å². The molecule has 0 bridgehead atoms. The van der Waals surface area contributed by atoms with Crippen molar-refractivity contribution in [2.45, 2.75) is 96.3 Å². The molecule has 1 heterocycles. The van der Waals surface area contributed by atoms with Crippen LogP contribution < -0.4 is 11.5 Å². The number of hydrogen-bond acceptors (Lipinski definition) is 4. The van der Waals surface area contributed by atoms with Crippen LogP contribution in [0.4, 0.5) is 0 Å². The van der Waals surface area contributed by atoms with Crippen molar-refractivity contribution in [3.63, 3.8) is 0 Å². The quantitative estimate of drug-likeness (QED) is 0.311. The molecular weight excluding hydrogens is 380 g/mol. The maximum absolute atomic E-state index is 12.8. The zero-order chi connectivity index (χ0) is 22.0. The molecule has 0 aromatic heterocycles. The lowest BCUT2D eigenvalue weighted by molar-refractivity contribution is -0.131. The Morgan fingerprint density at radius 3 is 1.53 bits per heavy atom. The second-order valence-electron chi connectivity index (χ2n) is 8.65. The molecule has 1 fully saturated rings. The minimum atomic E-state index is -0.223. The van der Waals surface area contributed by atoms with Crippen molar-refractivity contribution in [1.82, 2.24) is 9.80 Å². The lowest BCUT2D eigenvalue weighted by Crippen LogP contribution is -2.35. The lowest BCUT2D eigenvalue weighted by Gasteiger charge is -2.24. The van der Waals surface area contributed by atoms with E-state index in [4.69, 9.17) is 11.5 Å². The molecule has 7 heteroatoms. The van der Waals surface area contributed by atoms with Gasteiger partial charge in [-0.2, -0.15) is 0 Å². The van der Waals surface area contributed by atoms with Crippen LogP contribution in [0.5, 0.6) is 0 Å². The maximum Gasteiger partial charge on any atom is 0.223 e. The maximum atomic E-state index is 12.8. The second kappa shape index (κ2) is 17.1. The Hall–Kier alpha value is -1.63. The Morgan fingerprint density at radius 1 is 0.633 bits per heavy atom. The number of amides is 3. The van der Waals surface area contributed by atoms with Gasteiger partial charge in [-0.3, -0.25) is 14.4 Å². The van der Waals surface area contributed by atoms with Crippen molar-refractivity contribution in [2.24, 2.45) is 11.5 Å². The van der Waals surface area contributed by atoms with Gasteiger partial charge in [0.15, 0.2) is 0 Å². The highest BCUT2D eigenvalue weighted by molar-refractivity contribution is 5.76. The highest BCUT2D eigenvalue weighted by Gasteiger charge is 2.17. The fourth-order valence-corrected chi connectivity index (χ4v) is 4.04. The number of likely N-dealkylation sites (tertiary alicyclic amines) is 1. The molecule has 0 aliphatic carbocycles. The zero-order valence-corrected chi connectivity index (χ0v) is 18.9. The summed E-state index contributed by atoms with van der Waals surface area (Å²) in [5, 5.41) is 0. The Morgan fingerprint density at radius 2 is 1.07 bits per heavy atom. The minimum absolute atomic E-state index is 0.223. The first kappa shape index (κ1) is 26.4. The normalized spacial score (nSPS) is 14.1. The number of rotatable bonds is 19. The Kier molecular flexibility index (Phi) is 15.0. The van der Waals surface area contributed by atoms with Gasteiger partial charge in [0.2, 0.25) is 17.7 Å². The van der Waals surface area contributed by atoms with Crippen LogP contribution in [0, 0.1) is 0 Å². The Labute approximate surface area is 182 Å². The van der Waals surface area contributed by atoms with Crippen LogP contribution in [0.25, 0.3) is 0 Å². The van der Waals surface area contributed by atoms with Crippen molar-refractivity contribution in [1.29, 1.82) is 0 Å².